The maximum absolute atomic E-state index is 12.2. The van der Waals surface area contributed by atoms with Crippen LogP contribution in [0, 0.1) is 6.92 Å². The molecule has 0 fully saturated rings. The Morgan fingerprint density at radius 2 is 1.70 bits per heavy atom. The van der Waals surface area contributed by atoms with Crippen molar-refractivity contribution in [1.29, 1.82) is 0 Å². The molecule has 3 rings (SSSR count). The molecule has 0 saturated heterocycles. The molecule has 120 valence electrons. The number of thiophene rings is 2. The van der Waals surface area contributed by atoms with E-state index in [0.717, 1.165) is 15.6 Å². The molecular formula is C16H15IN2O2S2. The van der Waals surface area contributed by atoms with Crippen LogP contribution in [0.15, 0.2) is 47.4 Å². The van der Waals surface area contributed by atoms with E-state index in [1.165, 1.54) is 22.7 Å². The van der Waals surface area contributed by atoms with Gasteiger partial charge in [-0.05, 0) is 22.9 Å². The number of carbonyl (C=O) groups is 2. The SMILES string of the molecule is Cc1n(CC(=O)c2cccs2)cc[n+]1CC(=O)c1cccs1.[I-]. The predicted molar refractivity (Wildman–Crippen MR) is 86.7 cm³/mol. The van der Waals surface area contributed by atoms with Gasteiger partial charge in [-0.2, -0.15) is 0 Å². The van der Waals surface area contributed by atoms with Crippen molar-refractivity contribution in [3.8, 4) is 0 Å². The summed E-state index contributed by atoms with van der Waals surface area (Å²) in [5, 5.41) is 3.80. The summed E-state index contributed by atoms with van der Waals surface area (Å²) in [6.45, 7) is 2.52. The quantitative estimate of drug-likeness (QED) is 0.296. The highest BCUT2D eigenvalue weighted by Crippen LogP contribution is 2.12. The van der Waals surface area contributed by atoms with Gasteiger partial charge in [0.05, 0.1) is 9.75 Å². The van der Waals surface area contributed by atoms with E-state index in [-0.39, 0.29) is 35.5 Å². The predicted octanol–water partition coefficient (Wildman–Crippen LogP) is -0.0232. The molecule has 0 atom stereocenters. The molecular weight excluding hydrogens is 443 g/mol. The largest absolute Gasteiger partial charge is 1.00 e. The summed E-state index contributed by atoms with van der Waals surface area (Å²) in [7, 11) is 0. The number of rotatable bonds is 6. The Hall–Kier alpha value is -1.32. The van der Waals surface area contributed by atoms with Crippen LogP contribution in [0.25, 0.3) is 0 Å². The van der Waals surface area contributed by atoms with E-state index < -0.39 is 0 Å². The monoisotopic (exact) mass is 458 g/mol. The smallest absolute Gasteiger partial charge is 0.254 e. The van der Waals surface area contributed by atoms with Gasteiger partial charge in [0.15, 0.2) is 13.1 Å². The first kappa shape index (κ1) is 18.0. The maximum atomic E-state index is 12.2. The first-order chi connectivity index (χ1) is 10.6. The Balaban J connectivity index is 0.00000192. The maximum Gasteiger partial charge on any atom is 0.254 e. The third-order valence-corrected chi connectivity index (χ3v) is 5.30. The number of halogens is 1. The number of nitrogens with zero attached hydrogens (tertiary/aromatic N) is 2. The van der Waals surface area contributed by atoms with Crippen LogP contribution in [0.4, 0.5) is 0 Å². The molecule has 3 aromatic rings. The number of hydrogen-bond acceptors (Lipinski definition) is 4. The standard InChI is InChI=1S/C16H15N2O2S2.HI/c1-12-17(10-13(19)15-4-2-8-21-15)6-7-18(12)11-14(20)16-5-3-9-22-16;/h2-9H,10-11H2,1H3;1H/q+1;/p-1. The summed E-state index contributed by atoms with van der Waals surface area (Å²) in [4.78, 5) is 25.8. The molecule has 0 aliphatic rings. The first-order valence-electron chi connectivity index (χ1n) is 6.84. The number of carbonyl (C=O) groups excluding carboxylic acids is 2. The van der Waals surface area contributed by atoms with E-state index in [2.05, 4.69) is 0 Å². The Labute approximate surface area is 159 Å². The Bertz CT molecular complexity index is 727. The molecule has 0 unspecified atom stereocenters. The fourth-order valence-corrected chi connectivity index (χ4v) is 3.53. The summed E-state index contributed by atoms with van der Waals surface area (Å²) < 4.78 is 3.76. The number of hydrogen-bond donors (Lipinski definition) is 0. The molecule has 23 heavy (non-hydrogen) atoms. The van der Waals surface area contributed by atoms with Gasteiger partial charge < -0.3 is 24.0 Å². The minimum atomic E-state index is 0. The lowest BCUT2D eigenvalue weighted by Gasteiger charge is -2.00. The fraction of sp³-hybridized carbons (Fsp3) is 0.188. The summed E-state index contributed by atoms with van der Waals surface area (Å²) >= 11 is 2.90. The second-order valence-corrected chi connectivity index (χ2v) is 6.80. The molecule has 0 radical (unpaired) electrons. The lowest BCUT2D eigenvalue weighted by molar-refractivity contribution is -0.688. The molecule has 4 nitrogen and oxygen atoms in total. The molecule has 0 aliphatic carbocycles. The molecule has 7 heteroatoms. The van der Waals surface area contributed by atoms with Crippen molar-refractivity contribution in [2.24, 2.45) is 0 Å². The van der Waals surface area contributed by atoms with E-state index >= 15 is 0 Å². The molecule has 0 bridgehead atoms. The van der Waals surface area contributed by atoms with Crippen molar-refractivity contribution in [2.45, 2.75) is 20.0 Å². The summed E-state index contributed by atoms with van der Waals surface area (Å²) in [6.07, 6.45) is 3.70. The van der Waals surface area contributed by atoms with E-state index in [1.807, 2.05) is 63.5 Å². The van der Waals surface area contributed by atoms with Gasteiger partial charge in [-0.25, -0.2) is 9.13 Å². The van der Waals surface area contributed by atoms with Gasteiger partial charge >= 0.3 is 0 Å². The van der Waals surface area contributed by atoms with Gasteiger partial charge in [0, 0.05) is 6.92 Å². The normalized spacial score (nSPS) is 10.3. The van der Waals surface area contributed by atoms with Crippen molar-refractivity contribution < 1.29 is 38.1 Å². The van der Waals surface area contributed by atoms with Crippen LogP contribution in [0.2, 0.25) is 0 Å². The summed E-state index contributed by atoms with van der Waals surface area (Å²) in [5.74, 6) is 1.07. The number of aromatic nitrogens is 2. The van der Waals surface area contributed by atoms with Crippen LogP contribution < -0.4 is 28.5 Å². The van der Waals surface area contributed by atoms with Crippen LogP contribution in [0.3, 0.4) is 0 Å². The number of Topliss-reactive ketones (excluding diaryl/α,β-unsaturated/α-hetero) is 2. The minimum Gasteiger partial charge on any atom is -1.00 e. The van der Waals surface area contributed by atoms with Gasteiger partial charge in [0.2, 0.25) is 11.6 Å². The van der Waals surface area contributed by atoms with Crippen molar-refractivity contribution in [3.63, 3.8) is 0 Å². The van der Waals surface area contributed by atoms with E-state index in [4.69, 9.17) is 0 Å². The zero-order valence-corrected chi connectivity index (χ0v) is 16.2. The fourth-order valence-electron chi connectivity index (χ4n) is 2.22. The van der Waals surface area contributed by atoms with Crippen molar-refractivity contribution in [3.05, 3.63) is 63.0 Å². The molecule has 0 aliphatic heterocycles. The summed E-state index contributed by atoms with van der Waals surface area (Å²) in [5.41, 5.74) is 0. The van der Waals surface area contributed by atoms with Crippen LogP contribution in [-0.2, 0) is 13.1 Å². The first-order valence-corrected chi connectivity index (χ1v) is 8.59. The van der Waals surface area contributed by atoms with Crippen LogP contribution in [0.1, 0.15) is 25.2 Å². The molecule has 3 aromatic heterocycles. The lowest BCUT2D eigenvalue weighted by atomic mass is 10.3. The molecule has 0 N–H and O–H groups in total. The molecule has 0 amide bonds. The zero-order chi connectivity index (χ0) is 15.5. The number of imidazole rings is 1. The topological polar surface area (TPSA) is 43.0 Å². The van der Waals surface area contributed by atoms with Crippen molar-refractivity contribution in [2.75, 3.05) is 0 Å². The molecule has 0 saturated carbocycles. The van der Waals surface area contributed by atoms with E-state index in [9.17, 15) is 9.59 Å². The van der Waals surface area contributed by atoms with Crippen molar-refractivity contribution in [1.82, 2.24) is 4.57 Å². The Kier molecular flexibility index (Phi) is 6.25. The minimum absolute atomic E-state index is 0. The third kappa shape index (κ3) is 4.15. The highest BCUT2D eigenvalue weighted by molar-refractivity contribution is 7.12. The molecule has 0 aromatic carbocycles. The number of ketones is 2. The average Bonchev–Trinajstić information content (AvgIpc) is 3.24. The molecule has 3 heterocycles. The van der Waals surface area contributed by atoms with Crippen LogP contribution in [-0.4, -0.2) is 16.1 Å². The van der Waals surface area contributed by atoms with E-state index in [1.54, 1.807) is 0 Å². The highest BCUT2D eigenvalue weighted by Gasteiger charge is 2.19. The lowest BCUT2D eigenvalue weighted by Crippen LogP contribution is -3.00. The van der Waals surface area contributed by atoms with Crippen molar-refractivity contribution >= 4 is 34.2 Å². The zero-order valence-electron chi connectivity index (χ0n) is 12.4. The van der Waals surface area contributed by atoms with Crippen LogP contribution in [0.5, 0.6) is 0 Å². The second kappa shape index (κ2) is 7.98. The van der Waals surface area contributed by atoms with Gasteiger partial charge in [-0.1, -0.05) is 12.1 Å². The Morgan fingerprint density at radius 1 is 1.09 bits per heavy atom. The van der Waals surface area contributed by atoms with E-state index in [0.29, 0.717) is 13.1 Å². The van der Waals surface area contributed by atoms with Gasteiger partial charge in [0.25, 0.3) is 5.82 Å². The van der Waals surface area contributed by atoms with Gasteiger partial charge in [-0.3, -0.25) is 9.59 Å². The molecule has 0 spiro atoms. The average molecular weight is 458 g/mol. The van der Waals surface area contributed by atoms with Gasteiger partial charge in [0.1, 0.15) is 12.4 Å². The second-order valence-electron chi connectivity index (χ2n) is 4.90. The summed E-state index contributed by atoms with van der Waals surface area (Å²) in [6, 6.07) is 7.42. The third-order valence-electron chi connectivity index (χ3n) is 3.48. The Morgan fingerprint density at radius 3 is 2.26 bits per heavy atom. The highest BCUT2D eigenvalue weighted by atomic mass is 127. The van der Waals surface area contributed by atoms with Crippen LogP contribution >= 0.6 is 22.7 Å². The van der Waals surface area contributed by atoms with Gasteiger partial charge in [-0.15, -0.1) is 22.7 Å².